The van der Waals surface area contributed by atoms with Crippen LogP contribution in [0, 0.1) is 14.9 Å². The van der Waals surface area contributed by atoms with Crippen molar-refractivity contribution in [1.82, 2.24) is 0 Å². The van der Waals surface area contributed by atoms with Gasteiger partial charge in [0, 0.05) is 20.1 Å². The molecule has 0 atom stereocenters. The minimum atomic E-state index is -2.38. The van der Waals surface area contributed by atoms with E-state index in [1.165, 1.54) is 0 Å². The van der Waals surface area contributed by atoms with E-state index >= 15 is 0 Å². The van der Waals surface area contributed by atoms with Crippen molar-refractivity contribution in [3.05, 3.63) is 14.9 Å². The summed E-state index contributed by atoms with van der Waals surface area (Å²) in [6.45, 7) is 0. The van der Waals surface area contributed by atoms with E-state index in [0.717, 1.165) is 0 Å². The fourth-order valence-electron chi connectivity index (χ4n) is 0. The summed E-state index contributed by atoms with van der Waals surface area (Å²) in [5.74, 6) is 0. The smallest absolute Gasteiger partial charge is 0.323 e. The van der Waals surface area contributed by atoms with Crippen molar-refractivity contribution in [1.29, 1.82) is 0 Å². The van der Waals surface area contributed by atoms with Crippen molar-refractivity contribution >= 4 is 17.1 Å². The molecule has 0 saturated heterocycles. The van der Waals surface area contributed by atoms with Gasteiger partial charge in [0.15, 0.2) is 0 Å². The molecule has 0 aliphatic carbocycles. The zero-order valence-corrected chi connectivity index (χ0v) is 10.7. The molecular weight excluding hydrogens is 370 g/mol. The van der Waals surface area contributed by atoms with Crippen LogP contribution in [0.15, 0.2) is 0 Å². The second-order valence-electron chi connectivity index (χ2n) is 0.716. The first-order valence-electron chi connectivity index (χ1n) is 1.47. The molecule has 9 heteroatoms. The van der Waals surface area contributed by atoms with Crippen LogP contribution in [0.1, 0.15) is 0 Å². The Kier molecular flexibility index (Phi) is 60.3. The van der Waals surface area contributed by atoms with E-state index in [2.05, 4.69) is 11.0 Å². The van der Waals surface area contributed by atoms with Gasteiger partial charge in [0.05, 0.1) is 0 Å². The minimum Gasteiger partial charge on any atom is -0.358 e. The third kappa shape index (κ3) is 601. The summed E-state index contributed by atoms with van der Waals surface area (Å²) in [4.78, 5) is 30.0. The van der Waals surface area contributed by atoms with Crippen LogP contribution in [-0.4, -0.2) is 19.6 Å². The summed E-state index contributed by atoms with van der Waals surface area (Å²) < 4.78 is 0. The molecule has 0 heterocycles. The molecule has 0 aliphatic heterocycles. The Bertz CT molecular complexity index is 39.6. The van der Waals surface area contributed by atoms with Gasteiger partial charge < -0.3 is 14.9 Å². The molecule has 0 fully saturated rings. The number of rotatable bonds is 0. The summed E-state index contributed by atoms with van der Waals surface area (Å²) in [7, 11) is -4.76. The molecule has 0 aromatic rings. The van der Waals surface area contributed by atoms with E-state index in [1.54, 1.807) is 0 Å². The van der Waals surface area contributed by atoms with Crippen LogP contribution in [0.2, 0.25) is 0 Å². The average molecular weight is 386 g/mol. The number of nitrogens with two attached hydrogens (primary N) is 2. The van der Waals surface area contributed by atoms with Crippen LogP contribution in [-0.2, 0) is 20.1 Å². The van der Waals surface area contributed by atoms with Crippen LogP contribution < -0.4 is 11.0 Å². The van der Waals surface area contributed by atoms with Gasteiger partial charge in [-0.25, -0.2) is 19.6 Å². The van der Waals surface area contributed by atoms with Crippen molar-refractivity contribution in [3.8, 4) is 0 Å². The zero-order chi connectivity index (χ0) is 7.15. The fraction of sp³-hybridized carbons (Fsp3) is 0. The molecule has 0 spiro atoms. The molecule has 77 valence electrons. The van der Waals surface area contributed by atoms with Crippen LogP contribution in [0.4, 0.5) is 0 Å². The van der Waals surface area contributed by atoms with E-state index in [-0.39, 0.29) is 35.0 Å². The van der Waals surface area contributed by atoms with Gasteiger partial charge in [-0.15, -0.1) is 0 Å². The van der Waals surface area contributed by atoms with Gasteiger partial charge in [-0.1, -0.05) is 0 Å². The first-order chi connectivity index (χ1) is 3.46. The predicted octanol–water partition coefficient (Wildman–Crippen LogP) is -1.32. The molecule has 0 aliphatic rings. The SMILES string of the molecule is N[PH+](O)O.N[PH+](O)O.[CH3-].[CH3-].[Ir]. The summed E-state index contributed by atoms with van der Waals surface area (Å²) >= 11 is 0. The van der Waals surface area contributed by atoms with Crippen LogP contribution in [0.25, 0.3) is 0 Å². The molecule has 8 N–H and O–H groups in total. The normalized spacial score (nSPS) is 6.55. The zero-order valence-electron chi connectivity index (χ0n) is 6.28. The van der Waals surface area contributed by atoms with Crippen molar-refractivity contribution in [2.75, 3.05) is 0 Å². The van der Waals surface area contributed by atoms with Gasteiger partial charge in [-0.2, -0.15) is 11.0 Å². The minimum absolute atomic E-state index is 0. The van der Waals surface area contributed by atoms with Crippen LogP contribution >= 0.6 is 17.1 Å². The van der Waals surface area contributed by atoms with Crippen molar-refractivity contribution in [2.45, 2.75) is 0 Å². The van der Waals surface area contributed by atoms with E-state index in [9.17, 15) is 0 Å². The number of hydrogen-bond donors (Lipinski definition) is 6. The quantitative estimate of drug-likeness (QED) is 0.226. The Hall–Kier alpha value is 1.27. The Morgan fingerprint density at radius 1 is 0.727 bits per heavy atom. The van der Waals surface area contributed by atoms with Gasteiger partial charge in [0.25, 0.3) is 0 Å². The van der Waals surface area contributed by atoms with Gasteiger partial charge in [0.1, 0.15) is 0 Å². The molecule has 0 bridgehead atoms. The maximum atomic E-state index is 7.49. The van der Waals surface area contributed by atoms with Gasteiger partial charge in [-0.05, 0) is 0 Å². The maximum Gasteiger partial charge on any atom is 0.323 e. The molecular formula is C2H16IrN2O4P2. The Balaban J connectivity index is -0.0000000171. The molecule has 0 aromatic carbocycles. The molecule has 1 radical (unpaired) electrons. The van der Waals surface area contributed by atoms with Gasteiger partial charge >= 0.3 is 17.1 Å². The Labute approximate surface area is 82.9 Å². The van der Waals surface area contributed by atoms with Crippen LogP contribution in [0.5, 0.6) is 0 Å². The summed E-state index contributed by atoms with van der Waals surface area (Å²) in [5, 5.41) is 0. The Morgan fingerprint density at radius 2 is 0.727 bits per heavy atom. The fourth-order valence-corrected chi connectivity index (χ4v) is 0. The molecule has 6 nitrogen and oxygen atoms in total. The van der Waals surface area contributed by atoms with Crippen molar-refractivity contribution in [3.63, 3.8) is 0 Å². The molecule has 0 aromatic heterocycles. The van der Waals surface area contributed by atoms with Crippen molar-refractivity contribution < 1.29 is 39.7 Å². The molecule has 0 unspecified atom stereocenters. The van der Waals surface area contributed by atoms with Gasteiger partial charge in [0.2, 0.25) is 0 Å². The van der Waals surface area contributed by atoms with Crippen molar-refractivity contribution in [2.24, 2.45) is 11.0 Å². The third-order valence-corrected chi connectivity index (χ3v) is 0. The summed E-state index contributed by atoms with van der Waals surface area (Å²) in [5.41, 5.74) is 8.65. The molecule has 0 saturated carbocycles. The second kappa shape index (κ2) is 22.5. The molecule has 0 amide bonds. The monoisotopic (exact) mass is 387 g/mol. The van der Waals surface area contributed by atoms with Gasteiger partial charge in [-0.3, -0.25) is 0 Å². The second-order valence-corrected chi connectivity index (χ2v) is 2.15. The number of hydrogen-bond acceptors (Lipinski definition) is 6. The standard InChI is InChI=1S/2CH3.Ir.2H4NO2P/c;;;2*1-4(2)3/h2*1H3;;2*2-3H,1H2/q2*-1;;;/p+2. The third-order valence-electron chi connectivity index (χ3n) is 0. The van der Waals surface area contributed by atoms with Crippen LogP contribution in [0.3, 0.4) is 0 Å². The van der Waals surface area contributed by atoms with E-state index < -0.39 is 17.1 Å². The van der Waals surface area contributed by atoms with E-state index in [0.29, 0.717) is 0 Å². The first-order valence-corrected chi connectivity index (χ1v) is 4.42. The predicted molar refractivity (Wildman–Crippen MR) is 46.7 cm³/mol. The largest absolute Gasteiger partial charge is 0.358 e. The van der Waals surface area contributed by atoms with E-state index in [4.69, 9.17) is 19.6 Å². The topological polar surface area (TPSA) is 133 Å². The molecule has 11 heavy (non-hydrogen) atoms. The molecule has 0 rings (SSSR count). The first kappa shape index (κ1) is 29.5. The summed E-state index contributed by atoms with van der Waals surface area (Å²) in [6, 6.07) is 0. The summed E-state index contributed by atoms with van der Waals surface area (Å²) in [6.07, 6.45) is 0. The average Bonchev–Trinajstić information content (AvgIpc) is 1.25. The van der Waals surface area contributed by atoms with E-state index in [1.807, 2.05) is 0 Å². The Morgan fingerprint density at radius 3 is 0.727 bits per heavy atom. The maximum absolute atomic E-state index is 7.49.